The van der Waals surface area contributed by atoms with Gasteiger partial charge in [-0.05, 0) is 0 Å². The summed E-state index contributed by atoms with van der Waals surface area (Å²) in [5.41, 5.74) is 5.03. The van der Waals surface area contributed by atoms with Gasteiger partial charge in [0.2, 0.25) is 5.91 Å². The van der Waals surface area contributed by atoms with Gasteiger partial charge in [0.15, 0.2) is 5.78 Å². The SMILES string of the molecule is CNC(=O)CNCC(=O)CN. The lowest BCUT2D eigenvalue weighted by Crippen LogP contribution is -2.36. The number of carbonyl (C=O) groups is 2. The summed E-state index contributed by atoms with van der Waals surface area (Å²) in [4.78, 5) is 21.1. The molecule has 0 aliphatic heterocycles. The van der Waals surface area contributed by atoms with Crippen molar-refractivity contribution in [2.24, 2.45) is 5.73 Å². The molecule has 1 amide bonds. The lowest BCUT2D eigenvalue weighted by molar-refractivity contribution is -0.120. The first-order valence-corrected chi connectivity index (χ1v) is 3.33. The van der Waals surface area contributed by atoms with Crippen molar-refractivity contribution in [2.45, 2.75) is 0 Å². The lowest BCUT2D eigenvalue weighted by Gasteiger charge is -2.00. The van der Waals surface area contributed by atoms with E-state index in [9.17, 15) is 9.59 Å². The van der Waals surface area contributed by atoms with E-state index in [1.165, 1.54) is 7.05 Å². The Bertz CT molecular complexity index is 131. The summed E-state index contributed by atoms with van der Waals surface area (Å²) < 4.78 is 0. The number of ketones is 1. The minimum atomic E-state index is -0.144. The van der Waals surface area contributed by atoms with Gasteiger partial charge in [-0.25, -0.2) is 0 Å². The number of amides is 1. The molecule has 0 aromatic rings. The molecule has 64 valence electrons. The highest BCUT2D eigenvalue weighted by molar-refractivity contribution is 5.83. The van der Waals surface area contributed by atoms with E-state index < -0.39 is 0 Å². The van der Waals surface area contributed by atoms with Crippen LogP contribution < -0.4 is 16.4 Å². The van der Waals surface area contributed by atoms with Crippen LogP contribution in [0.5, 0.6) is 0 Å². The lowest BCUT2D eigenvalue weighted by atomic mass is 10.4. The fraction of sp³-hybridized carbons (Fsp3) is 0.667. The smallest absolute Gasteiger partial charge is 0.233 e. The Morgan fingerprint density at radius 2 is 2.00 bits per heavy atom. The third kappa shape index (κ3) is 5.50. The van der Waals surface area contributed by atoms with Gasteiger partial charge in [-0.15, -0.1) is 0 Å². The molecular formula is C6H13N3O2. The van der Waals surface area contributed by atoms with E-state index in [1.807, 2.05) is 0 Å². The molecule has 5 nitrogen and oxygen atoms in total. The first-order chi connectivity index (χ1) is 5.20. The quantitative estimate of drug-likeness (QED) is 0.427. The Morgan fingerprint density at radius 3 is 2.45 bits per heavy atom. The van der Waals surface area contributed by atoms with Gasteiger partial charge in [0.25, 0.3) is 0 Å². The average molecular weight is 159 g/mol. The van der Waals surface area contributed by atoms with Crippen LogP contribution >= 0.6 is 0 Å². The molecular weight excluding hydrogens is 146 g/mol. The average Bonchev–Trinajstić information content (AvgIpc) is 2.04. The zero-order chi connectivity index (χ0) is 8.69. The number of nitrogens with one attached hydrogen (secondary N) is 2. The van der Waals surface area contributed by atoms with Gasteiger partial charge in [0, 0.05) is 7.05 Å². The number of rotatable bonds is 5. The van der Waals surface area contributed by atoms with E-state index in [-0.39, 0.29) is 31.3 Å². The Balaban J connectivity index is 3.27. The summed E-state index contributed by atoms with van der Waals surface area (Å²) in [7, 11) is 1.54. The first-order valence-electron chi connectivity index (χ1n) is 3.33. The van der Waals surface area contributed by atoms with Gasteiger partial charge in [0.1, 0.15) is 0 Å². The third-order valence-corrected chi connectivity index (χ3v) is 1.11. The molecule has 4 N–H and O–H groups in total. The van der Waals surface area contributed by atoms with Crippen molar-refractivity contribution in [1.29, 1.82) is 0 Å². The van der Waals surface area contributed by atoms with Crippen molar-refractivity contribution in [1.82, 2.24) is 10.6 Å². The summed E-state index contributed by atoms with van der Waals surface area (Å²) in [6.45, 7) is 0.326. The minimum absolute atomic E-state index is 0.0146. The standard InChI is InChI=1S/C6H13N3O2/c1-8-6(11)4-9-3-5(10)2-7/h9H,2-4,7H2,1H3,(H,8,11). The van der Waals surface area contributed by atoms with Crippen LogP contribution in [0.25, 0.3) is 0 Å². The second kappa shape index (κ2) is 5.82. The molecule has 0 saturated carbocycles. The number of Topliss-reactive ketones (excluding diaryl/α,β-unsaturated/α-hetero) is 1. The molecule has 0 saturated heterocycles. The molecule has 5 heteroatoms. The van der Waals surface area contributed by atoms with E-state index in [0.29, 0.717) is 0 Å². The number of likely N-dealkylation sites (N-methyl/N-ethyl adjacent to an activating group) is 1. The molecule has 0 aliphatic carbocycles. The third-order valence-electron chi connectivity index (χ3n) is 1.11. The largest absolute Gasteiger partial charge is 0.358 e. The zero-order valence-electron chi connectivity index (χ0n) is 6.52. The molecule has 0 radical (unpaired) electrons. The summed E-state index contributed by atoms with van der Waals surface area (Å²) in [5, 5.41) is 5.06. The second-order valence-electron chi connectivity index (χ2n) is 2.02. The van der Waals surface area contributed by atoms with Gasteiger partial charge in [-0.1, -0.05) is 0 Å². The molecule has 0 aromatic heterocycles. The fourth-order valence-electron chi connectivity index (χ4n) is 0.476. The van der Waals surface area contributed by atoms with Gasteiger partial charge in [-0.2, -0.15) is 0 Å². The van der Waals surface area contributed by atoms with Crippen molar-refractivity contribution in [3.05, 3.63) is 0 Å². The maximum atomic E-state index is 10.6. The highest BCUT2D eigenvalue weighted by Gasteiger charge is 1.99. The molecule has 0 heterocycles. The van der Waals surface area contributed by atoms with Gasteiger partial charge in [0.05, 0.1) is 19.6 Å². The summed E-state index contributed by atoms with van der Waals surface area (Å²) in [6.07, 6.45) is 0. The van der Waals surface area contributed by atoms with Crippen molar-refractivity contribution in [2.75, 3.05) is 26.7 Å². The molecule has 0 fully saturated rings. The molecule has 0 aromatic carbocycles. The van der Waals surface area contributed by atoms with Crippen molar-refractivity contribution in [3.63, 3.8) is 0 Å². The Hall–Kier alpha value is -0.940. The Kier molecular flexibility index (Phi) is 5.32. The van der Waals surface area contributed by atoms with E-state index in [0.717, 1.165) is 0 Å². The summed E-state index contributed by atoms with van der Waals surface area (Å²) >= 11 is 0. The predicted octanol–water partition coefficient (Wildman–Crippen LogP) is -2.15. The number of hydrogen-bond acceptors (Lipinski definition) is 4. The second-order valence-corrected chi connectivity index (χ2v) is 2.02. The normalized spacial score (nSPS) is 9.27. The highest BCUT2D eigenvalue weighted by Crippen LogP contribution is 1.64. The minimum Gasteiger partial charge on any atom is -0.358 e. The van der Waals surface area contributed by atoms with E-state index in [2.05, 4.69) is 10.6 Å². The molecule has 0 unspecified atom stereocenters. The highest BCUT2D eigenvalue weighted by atomic mass is 16.2. The maximum absolute atomic E-state index is 10.6. The molecule has 11 heavy (non-hydrogen) atoms. The van der Waals surface area contributed by atoms with E-state index >= 15 is 0 Å². The van der Waals surface area contributed by atoms with Gasteiger partial charge in [-0.3, -0.25) is 9.59 Å². The molecule has 0 bridgehead atoms. The van der Waals surface area contributed by atoms with Crippen LogP contribution in [0.1, 0.15) is 0 Å². The van der Waals surface area contributed by atoms with Gasteiger partial charge < -0.3 is 16.4 Å². The number of nitrogens with two attached hydrogens (primary N) is 1. The van der Waals surface area contributed by atoms with E-state index in [1.54, 1.807) is 0 Å². The summed E-state index contributed by atoms with van der Waals surface area (Å²) in [5.74, 6) is -0.247. The predicted molar refractivity (Wildman–Crippen MR) is 41.0 cm³/mol. The molecule has 0 atom stereocenters. The zero-order valence-corrected chi connectivity index (χ0v) is 6.52. The van der Waals surface area contributed by atoms with Crippen molar-refractivity contribution < 1.29 is 9.59 Å². The van der Waals surface area contributed by atoms with Crippen LogP contribution in [0.15, 0.2) is 0 Å². The first kappa shape index (κ1) is 10.1. The monoisotopic (exact) mass is 159 g/mol. The Labute approximate surface area is 65.3 Å². The van der Waals surface area contributed by atoms with Gasteiger partial charge >= 0.3 is 0 Å². The number of carbonyl (C=O) groups excluding carboxylic acids is 2. The summed E-state index contributed by atoms with van der Waals surface area (Å²) in [6, 6.07) is 0. The molecule has 0 rings (SSSR count). The van der Waals surface area contributed by atoms with Crippen LogP contribution in [0.2, 0.25) is 0 Å². The van der Waals surface area contributed by atoms with Crippen LogP contribution in [-0.2, 0) is 9.59 Å². The fourth-order valence-corrected chi connectivity index (χ4v) is 0.476. The van der Waals surface area contributed by atoms with Crippen LogP contribution in [0, 0.1) is 0 Å². The Morgan fingerprint density at radius 1 is 1.36 bits per heavy atom. The van der Waals surface area contributed by atoms with E-state index in [4.69, 9.17) is 5.73 Å². The van der Waals surface area contributed by atoms with Crippen LogP contribution in [0.3, 0.4) is 0 Å². The molecule has 0 spiro atoms. The van der Waals surface area contributed by atoms with Crippen molar-refractivity contribution in [3.8, 4) is 0 Å². The van der Waals surface area contributed by atoms with Crippen LogP contribution in [-0.4, -0.2) is 38.4 Å². The maximum Gasteiger partial charge on any atom is 0.233 e. The van der Waals surface area contributed by atoms with Crippen molar-refractivity contribution >= 4 is 11.7 Å². The van der Waals surface area contributed by atoms with Crippen LogP contribution in [0.4, 0.5) is 0 Å². The molecule has 0 aliphatic rings. The number of hydrogen-bond donors (Lipinski definition) is 3. The topological polar surface area (TPSA) is 84.2 Å².